The molecule has 0 saturated heterocycles. The Morgan fingerprint density at radius 3 is 2.75 bits per heavy atom. The molecule has 0 bridgehead atoms. The van der Waals surface area contributed by atoms with Crippen LogP contribution in [0.3, 0.4) is 0 Å². The summed E-state index contributed by atoms with van der Waals surface area (Å²) in [5, 5.41) is 8.84. The van der Waals surface area contributed by atoms with Crippen molar-refractivity contribution >= 4 is 23.7 Å². The van der Waals surface area contributed by atoms with Gasteiger partial charge in [0.1, 0.15) is 11.8 Å². The molecule has 1 rings (SSSR count). The van der Waals surface area contributed by atoms with Gasteiger partial charge < -0.3 is 4.74 Å². The zero-order valence-electron chi connectivity index (χ0n) is 8.49. The first-order valence-corrected chi connectivity index (χ1v) is 4.87. The molecule has 0 N–H and O–H groups in total. The number of methoxy groups -OCH3 is 1. The van der Waals surface area contributed by atoms with Gasteiger partial charge in [0.2, 0.25) is 0 Å². The largest absolute Gasteiger partial charge is 0.497 e. The summed E-state index contributed by atoms with van der Waals surface area (Å²) in [7, 11) is 1.41. The third-order valence-electron chi connectivity index (χ3n) is 2.05. The van der Waals surface area contributed by atoms with Gasteiger partial charge in [-0.3, -0.25) is 9.59 Å². The highest BCUT2D eigenvalue weighted by Gasteiger charge is 2.16. The molecule has 0 heterocycles. The van der Waals surface area contributed by atoms with Crippen molar-refractivity contribution in [3.8, 4) is 11.8 Å². The highest BCUT2D eigenvalue weighted by atomic mass is 35.5. The van der Waals surface area contributed by atoms with Crippen LogP contribution in [0.15, 0.2) is 12.1 Å². The number of carbonyl (C=O) groups is 2. The van der Waals surface area contributed by atoms with Crippen LogP contribution in [-0.4, -0.2) is 25.1 Å². The lowest BCUT2D eigenvalue weighted by Crippen LogP contribution is -2.07. The Hall–Kier alpha value is -1.86. The summed E-state index contributed by atoms with van der Waals surface area (Å²) in [6, 6.07) is 4.63. The molecule has 0 unspecified atom stereocenters. The molecular formula is C11H8ClNO3. The molecule has 0 aliphatic carbocycles. The van der Waals surface area contributed by atoms with Crippen LogP contribution in [0.2, 0.25) is 0 Å². The van der Waals surface area contributed by atoms with Gasteiger partial charge in [-0.05, 0) is 12.1 Å². The van der Waals surface area contributed by atoms with Gasteiger partial charge in [-0.2, -0.15) is 5.26 Å². The summed E-state index contributed by atoms with van der Waals surface area (Å²) in [4.78, 5) is 22.3. The molecule has 5 heteroatoms. The van der Waals surface area contributed by atoms with E-state index in [1.54, 1.807) is 0 Å². The van der Waals surface area contributed by atoms with Gasteiger partial charge in [-0.15, -0.1) is 11.6 Å². The normalized spacial score (nSPS) is 9.31. The number of nitriles is 1. The van der Waals surface area contributed by atoms with Gasteiger partial charge in [0, 0.05) is 11.1 Å². The summed E-state index contributed by atoms with van der Waals surface area (Å²) in [6.45, 7) is 0. The minimum Gasteiger partial charge on any atom is -0.497 e. The van der Waals surface area contributed by atoms with E-state index in [9.17, 15) is 9.59 Å². The molecule has 0 radical (unpaired) electrons. The summed E-state index contributed by atoms with van der Waals surface area (Å²) in [5.41, 5.74) is 0.262. The van der Waals surface area contributed by atoms with E-state index in [0.29, 0.717) is 12.0 Å². The van der Waals surface area contributed by atoms with E-state index in [1.165, 1.54) is 19.2 Å². The third-order valence-corrected chi connectivity index (χ3v) is 2.29. The van der Waals surface area contributed by atoms with Crippen molar-refractivity contribution in [2.24, 2.45) is 0 Å². The maximum Gasteiger partial charge on any atom is 0.178 e. The second-order valence-electron chi connectivity index (χ2n) is 2.92. The van der Waals surface area contributed by atoms with Gasteiger partial charge in [-0.1, -0.05) is 0 Å². The van der Waals surface area contributed by atoms with Crippen LogP contribution in [0.25, 0.3) is 0 Å². The van der Waals surface area contributed by atoms with Gasteiger partial charge in [0.15, 0.2) is 12.1 Å². The van der Waals surface area contributed by atoms with E-state index in [0.717, 1.165) is 0 Å². The fourth-order valence-corrected chi connectivity index (χ4v) is 1.41. The molecular weight excluding hydrogens is 230 g/mol. The van der Waals surface area contributed by atoms with Gasteiger partial charge in [0.05, 0.1) is 18.6 Å². The predicted octanol–water partition coefficient (Wildman–Crippen LogP) is 1.80. The smallest absolute Gasteiger partial charge is 0.178 e. The number of carbonyl (C=O) groups excluding carboxylic acids is 2. The number of alkyl halides is 1. The Balaban J connectivity index is 3.50. The van der Waals surface area contributed by atoms with Crippen LogP contribution in [-0.2, 0) is 0 Å². The Bertz CT molecular complexity index is 477. The Kier molecular flexibility index (Phi) is 4.03. The number of ether oxygens (including phenoxy) is 1. The van der Waals surface area contributed by atoms with E-state index in [4.69, 9.17) is 21.6 Å². The van der Waals surface area contributed by atoms with E-state index in [-0.39, 0.29) is 22.6 Å². The molecule has 1 aromatic carbocycles. The van der Waals surface area contributed by atoms with E-state index in [2.05, 4.69) is 0 Å². The monoisotopic (exact) mass is 237 g/mol. The van der Waals surface area contributed by atoms with Crippen molar-refractivity contribution in [1.82, 2.24) is 0 Å². The average molecular weight is 238 g/mol. The van der Waals surface area contributed by atoms with Crippen molar-refractivity contribution < 1.29 is 14.3 Å². The Labute approximate surface area is 97.4 Å². The number of rotatable bonds is 4. The van der Waals surface area contributed by atoms with Crippen molar-refractivity contribution in [1.29, 1.82) is 5.26 Å². The van der Waals surface area contributed by atoms with Crippen LogP contribution >= 0.6 is 11.6 Å². The number of halogens is 1. The molecule has 1 aromatic rings. The molecule has 0 spiro atoms. The lowest BCUT2D eigenvalue weighted by atomic mass is 9.99. The first-order valence-electron chi connectivity index (χ1n) is 4.34. The first-order chi connectivity index (χ1) is 7.67. The molecule has 0 fully saturated rings. The molecule has 0 saturated carbocycles. The molecule has 0 aromatic heterocycles. The standard InChI is InChI=1S/C11H8ClNO3/c1-16-8-2-7(5-13)10(6-14)9(3-8)11(15)4-12/h2-3,6H,4H2,1H3. The Morgan fingerprint density at radius 2 is 2.31 bits per heavy atom. The summed E-state index contributed by atoms with van der Waals surface area (Å²) in [5.74, 6) is -0.325. The van der Waals surface area contributed by atoms with Crippen molar-refractivity contribution in [3.05, 3.63) is 28.8 Å². The molecule has 0 amide bonds. The molecule has 0 aliphatic heterocycles. The van der Waals surface area contributed by atoms with Gasteiger partial charge in [-0.25, -0.2) is 0 Å². The predicted molar refractivity (Wildman–Crippen MR) is 58.1 cm³/mol. The minimum atomic E-state index is -0.417. The van der Waals surface area contributed by atoms with Crippen LogP contribution in [0.5, 0.6) is 5.75 Å². The van der Waals surface area contributed by atoms with E-state index < -0.39 is 5.78 Å². The quantitative estimate of drug-likeness (QED) is 0.455. The van der Waals surface area contributed by atoms with Gasteiger partial charge in [0.25, 0.3) is 0 Å². The van der Waals surface area contributed by atoms with Crippen LogP contribution in [0.1, 0.15) is 26.3 Å². The lowest BCUT2D eigenvalue weighted by molar-refractivity contribution is 0.101. The van der Waals surface area contributed by atoms with E-state index in [1.807, 2.05) is 6.07 Å². The summed E-state index contributed by atoms with van der Waals surface area (Å²) >= 11 is 5.42. The fraction of sp³-hybridized carbons (Fsp3) is 0.182. The summed E-state index contributed by atoms with van der Waals surface area (Å²) in [6.07, 6.45) is 0.470. The number of Topliss-reactive ketones (excluding diaryl/α,β-unsaturated/α-hetero) is 1. The molecule has 4 nitrogen and oxygen atoms in total. The van der Waals surface area contributed by atoms with Crippen LogP contribution in [0.4, 0.5) is 0 Å². The second-order valence-corrected chi connectivity index (χ2v) is 3.19. The number of benzene rings is 1. The third kappa shape index (κ3) is 2.20. The highest BCUT2D eigenvalue weighted by Crippen LogP contribution is 2.21. The van der Waals surface area contributed by atoms with Crippen molar-refractivity contribution in [2.45, 2.75) is 0 Å². The molecule has 82 valence electrons. The fourth-order valence-electron chi connectivity index (χ4n) is 1.27. The second kappa shape index (κ2) is 5.29. The number of aldehydes is 1. The SMILES string of the molecule is COc1cc(C#N)c(C=O)c(C(=O)CCl)c1. The number of nitrogens with zero attached hydrogens (tertiary/aromatic N) is 1. The maximum atomic E-state index is 11.5. The van der Waals surface area contributed by atoms with Crippen molar-refractivity contribution in [3.63, 3.8) is 0 Å². The average Bonchev–Trinajstić information content (AvgIpc) is 2.35. The number of hydrogen-bond donors (Lipinski definition) is 0. The zero-order valence-corrected chi connectivity index (χ0v) is 9.25. The van der Waals surface area contributed by atoms with Crippen LogP contribution < -0.4 is 4.74 Å². The molecule has 0 aliphatic rings. The maximum absolute atomic E-state index is 11.5. The highest BCUT2D eigenvalue weighted by molar-refractivity contribution is 6.31. The molecule has 0 atom stereocenters. The minimum absolute atomic E-state index is 0.0500. The number of ketones is 1. The van der Waals surface area contributed by atoms with Crippen LogP contribution in [0, 0.1) is 11.3 Å². The first kappa shape index (κ1) is 12.2. The van der Waals surface area contributed by atoms with Gasteiger partial charge >= 0.3 is 0 Å². The zero-order chi connectivity index (χ0) is 12.1. The number of hydrogen-bond acceptors (Lipinski definition) is 4. The summed E-state index contributed by atoms with van der Waals surface area (Å²) < 4.78 is 4.93. The topological polar surface area (TPSA) is 67.2 Å². The Morgan fingerprint density at radius 1 is 1.62 bits per heavy atom. The lowest BCUT2D eigenvalue weighted by Gasteiger charge is -2.07. The molecule has 16 heavy (non-hydrogen) atoms. The van der Waals surface area contributed by atoms with E-state index >= 15 is 0 Å². The van der Waals surface area contributed by atoms with Crippen molar-refractivity contribution in [2.75, 3.05) is 13.0 Å².